The monoisotopic (exact) mass is 385 g/mol. The van der Waals surface area contributed by atoms with E-state index in [0.29, 0.717) is 12.4 Å². The zero-order chi connectivity index (χ0) is 20.2. The first kappa shape index (κ1) is 18.8. The third-order valence-corrected chi connectivity index (χ3v) is 5.01. The van der Waals surface area contributed by atoms with E-state index in [4.69, 9.17) is 10.00 Å². The van der Waals surface area contributed by atoms with E-state index in [-0.39, 0.29) is 12.6 Å². The molecule has 0 saturated carbocycles. The second-order valence-corrected chi connectivity index (χ2v) is 7.10. The number of ether oxygens (including phenoxy) is 1. The van der Waals surface area contributed by atoms with E-state index in [1.165, 1.54) is 0 Å². The number of nitriles is 1. The van der Waals surface area contributed by atoms with Crippen molar-refractivity contribution in [2.24, 2.45) is 0 Å². The molecule has 2 aromatic carbocycles. The van der Waals surface area contributed by atoms with Crippen LogP contribution in [0.1, 0.15) is 29.4 Å². The van der Waals surface area contributed by atoms with Gasteiger partial charge < -0.3 is 15.4 Å². The maximum Gasteiger partial charge on any atom is 0.130 e. The molecule has 0 radical (unpaired) electrons. The quantitative estimate of drug-likeness (QED) is 0.623. The lowest BCUT2D eigenvalue weighted by molar-refractivity contribution is 0.274. The van der Waals surface area contributed by atoms with E-state index < -0.39 is 0 Å². The Balaban J connectivity index is 1.63. The van der Waals surface area contributed by atoms with Gasteiger partial charge in [-0.05, 0) is 31.5 Å². The number of nitrogens with zero attached hydrogens (tertiary/aromatic N) is 3. The molecule has 1 aliphatic heterocycles. The van der Waals surface area contributed by atoms with Crippen LogP contribution in [-0.2, 0) is 0 Å². The van der Waals surface area contributed by atoms with Crippen molar-refractivity contribution in [2.75, 3.05) is 23.8 Å². The zero-order valence-corrected chi connectivity index (χ0v) is 16.6. The Morgan fingerprint density at radius 2 is 2.00 bits per heavy atom. The SMILES string of the molecule is Cc1nc(NC2CCOc3ccccc32)cc(-c2ccc(C)c(NCC#N)c2)n1. The van der Waals surface area contributed by atoms with E-state index in [2.05, 4.69) is 32.7 Å². The zero-order valence-electron chi connectivity index (χ0n) is 16.6. The Bertz CT molecular complexity index is 1070. The Morgan fingerprint density at radius 3 is 2.86 bits per heavy atom. The van der Waals surface area contributed by atoms with Gasteiger partial charge in [-0.3, -0.25) is 0 Å². The number of fused-ring (bicyclic) bond motifs is 1. The lowest BCUT2D eigenvalue weighted by atomic mass is 10.0. The Labute approximate surface area is 170 Å². The van der Waals surface area contributed by atoms with Gasteiger partial charge in [0.25, 0.3) is 0 Å². The Hall–Kier alpha value is -3.59. The number of para-hydroxylation sites is 1. The summed E-state index contributed by atoms with van der Waals surface area (Å²) in [6.45, 7) is 4.86. The topological polar surface area (TPSA) is 82.9 Å². The summed E-state index contributed by atoms with van der Waals surface area (Å²) in [5.74, 6) is 2.42. The van der Waals surface area contributed by atoms with Crippen LogP contribution in [0.4, 0.5) is 11.5 Å². The summed E-state index contributed by atoms with van der Waals surface area (Å²) in [6, 6.07) is 18.5. The minimum absolute atomic E-state index is 0.146. The number of hydrogen-bond donors (Lipinski definition) is 2. The first-order chi connectivity index (χ1) is 14.1. The molecular weight excluding hydrogens is 362 g/mol. The van der Waals surface area contributed by atoms with Crippen molar-refractivity contribution in [3.63, 3.8) is 0 Å². The molecule has 1 aliphatic rings. The van der Waals surface area contributed by atoms with Crippen molar-refractivity contribution in [3.05, 3.63) is 65.5 Å². The van der Waals surface area contributed by atoms with Crippen molar-refractivity contribution in [1.29, 1.82) is 5.26 Å². The smallest absolute Gasteiger partial charge is 0.130 e. The van der Waals surface area contributed by atoms with Gasteiger partial charge in [0.2, 0.25) is 0 Å². The minimum Gasteiger partial charge on any atom is -0.493 e. The van der Waals surface area contributed by atoms with Crippen LogP contribution < -0.4 is 15.4 Å². The average molecular weight is 385 g/mol. The molecule has 0 fully saturated rings. The van der Waals surface area contributed by atoms with Crippen LogP contribution in [-0.4, -0.2) is 23.1 Å². The van der Waals surface area contributed by atoms with Crippen molar-refractivity contribution >= 4 is 11.5 Å². The third-order valence-electron chi connectivity index (χ3n) is 5.01. The summed E-state index contributed by atoms with van der Waals surface area (Å²) in [4.78, 5) is 9.22. The second kappa shape index (κ2) is 8.19. The molecule has 1 atom stereocenters. The molecule has 6 nitrogen and oxygen atoms in total. The summed E-state index contributed by atoms with van der Waals surface area (Å²) < 4.78 is 5.76. The predicted octanol–water partition coefficient (Wildman–Crippen LogP) is 4.63. The molecule has 29 heavy (non-hydrogen) atoms. The highest BCUT2D eigenvalue weighted by Gasteiger charge is 2.21. The van der Waals surface area contributed by atoms with E-state index in [9.17, 15) is 0 Å². The van der Waals surface area contributed by atoms with Gasteiger partial charge in [-0.15, -0.1) is 0 Å². The number of hydrogen-bond acceptors (Lipinski definition) is 6. The van der Waals surface area contributed by atoms with Crippen LogP contribution in [0.25, 0.3) is 11.3 Å². The highest BCUT2D eigenvalue weighted by Crippen LogP contribution is 2.34. The van der Waals surface area contributed by atoms with Crippen molar-refractivity contribution in [3.8, 4) is 23.1 Å². The fraction of sp³-hybridized carbons (Fsp3) is 0.261. The third kappa shape index (κ3) is 4.14. The highest BCUT2D eigenvalue weighted by atomic mass is 16.5. The number of aryl methyl sites for hydroxylation is 2. The largest absolute Gasteiger partial charge is 0.493 e. The van der Waals surface area contributed by atoms with E-state index in [0.717, 1.165) is 46.1 Å². The summed E-state index contributed by atoms with van der Waals surface area (Å²) in [5, 5.41) is 15.6. The fourth-order valence-corrected chi connectivity index (χ4v) is 3.57. The first-order valence-corrected chi connectivity index (χ1v) is 9.70. The molecular formula is C23H23N5O. The van der Waals surface area contributed by atoms with E-state index in [1.807, 2.05) is 56.3 Å². The number of anilines is 2. The molecule has 1 aromatic heterocycles. The second-order valence-electron chi connectivity index (χ2n) is 7.10. The predicted molar refractivity (Wildman–Crippen MR) is 114 cm³/mol. The van der Waals surface area contributed by atoms with Crippen LogP contribution in [0.15, 0.2) is 48.5 Å². The highest BCUT2D eigenvalue weighted by molar-refractivity contribution is 5.69. The standard InChI is InChI=1S/C23H23N5O/c1-15-7-8-17(13-20(15)25-11-10-24)21-14-23(27-16(2)26-21)28-19-9-12-29-22-6-4-3-5-18(19)22/h3-8,13-14,19,25H,9,11-12H2,1-2H3,(H,26,27,28). The van der Waals surface area contributed by atoms with Crippen LogP contribution in [0, 0.1) is 25.2 Å². The molecule has 0 spiro atoms. The first-order valence-electron chi connectivity index (χ1n) is 9.70. The lowest BCUT2D eigenvalue weighted by Crippen LogP contribution is -2.21. The summed E-state index contributed by atoms with van der Waals surface area (Å²) in [5.41, 5.74) is 5.01. The summed E-state index contributed by atoms with van der Waals surface area (Å²) in [7, 11) is 0. The van der Waals surface area contributed by atoms with Crippen LogP contribution >= 0.6 is 0 Å². The Morgan fingerprint density at radius 1 is 1.14 bits per heavy atom. The van der Waals surface area contributed by atoms with E-state index >= 15 is 0 Å². The van der Waals surface area contributed by atoms with Crippen molar-refractivity contribution in [1.82, 2.24) is 9.97 Å². The van der Waals surface area contributed by atoms with Gasteiger partial charge in [-0.25, -0.2) is 9.97 Å². The molecule has 0 saturated heterocycles. The minimum atomic E-state index is 0.146. The van der Waals surface area contributed by atoms with Crippen LogP contribution in [0.5, 0.6) is 5.75 Å². The maximum atomic E-state index is 8.85. The number of nitrogens with one attached hydrogen (secondary N) is 2. The van der Waals surface area contributed by atoms with Crippen molar-refractivity contribution in [2.45, 2.75) is 26.3 Å². The molecule has 146 valence electrons. The molecule has 3 aromatic rings. The van der Waals surface area contributed by atoms with Gasteiger partial charge in [-0.1, -0.05) is 30.3 Å². The summed E-state index contributed by atoms with van der Waals surface area (Å²) in [6.07, 6.45) is 0.877. The molecule has 0 aliphatic carbocycles. The maximum absolute atomic E-state index is 8.85. The molecule has 2 heterocycles. The molecule has 4 rings (SSSR count). The van der Waals surface area contributed by atoms with Crippen molar-refractivity contribution < 1.29 is 4.74 Å². The molecule has 2 N–H and O–H groups in total. The molecule has 0 amide bonds. The number of rotatable bonds is 5. The lowest BCUT2D eigenvalue weighted by Gasteiger charge is -2.27. The van der Waals surface area contributed by atoms with Gasteiger partial charge in [0.1, 0.15) is 23.9 Å². The van der Waals surface area contributed by atoms with Gasteiger partial charge in [0.15, 0.2) is 0 Å². The molecule has 1 unspecified atom stereocenters. The van der Waals surface area contributed by atoms with Crippen LogP contribution in [0.2, 0.25) is 0 Å². The van der Waals surface area contributed by atoms with E-state index in [1.54, 1.807) is 0 Å². The average Bonchev–Trinajstić information content (AvgIpc) is 2.73. The van der Waals surface area contributed by atoms with Gasteiger partial charge in [-0.2, -0.15) is 5.26 Å². The Kier molecular flexibility index (Phi) is 5.30. The number of aromatic nitrogens is 2. The van der Waals surface area contributed by atoms with Gasteiger partial charge >= 0.3 is 0 Å². The molecule has 6 heteroatoms. The van der Waals surface area contributed by atoms with Crippen LogP contribution in [0.3, 0.4) is 0 Å². The van der Waals surface area contributed by atoms with Gasteiger partial charge in [0.05, 0.1) is 24.4 Å². The molecule has 0 bridgehead atoms. The van der Waals surface area contributed by atoms with Gasteiger partial charge in [0, 0.05) is 29.3 Å². The summed E-state index contributed by atoms with van der Waals surface area (Å²) >= 11 is 0. The number of benzene rings is 2. The fourth-order valence-electron chi connectivity index (χ4n) is 3.57. The normalized spacial score (nSPS) is 15.0.